The van der Waals surface area contributed by atoms with E-state index in [2.05, 4.69) is 150 Å². The Labute approximate surface area is 620 Å². The van der Waals surface area contributed by atoms with E-state index in [9.17, 15) is 38.4 Å². The van der Waals surface area contributed by atoms with E-state index in [0.29, 0.717) is 12.6 Å². The van der Waals surface area contributed by atoms with E-state index in [0.717, 1.165) is 65.2 Å². The largest absolute Gasteiger partial charge is 0.493 e. The molecule has 0 aromatic heterocycles. The standard InChI is InChI=1S/C14H15NO.C12H17NO.C11H13NO3.C11H13NO2.C11H13NO.C11H15NO.2C5H11NO.C3H9N.CH4/c1-10(15-11(2)16)13-8-7-12-5-3-4-6-14(12)9-13;1-8-5-6-12(7-9(8)2)10(3)13-11(4)14;1-7(12-8(2)13)9-3-4-10-11(5-9)15-6-14-10;1-8(13)12-10-6-7-14-11-5-3-2-4-9(10)11;1-8(13)12-11-7-6-9-4-2-3-5-10(9)11;1-3-11(12-9(2)13)10-7-5-4-6-8-10;2*1-4(2)6-5(3)7;1-3(2)4;/h3-10H,1-2H3,(H,15,16);5-7,10H,1-4H3,(H,13,14);3-5,7H,6H2,1-2H3,(H,12,13);2-5,10H,6-7H2,1H3,(H,12,13);2-5,11H,6-7H2,1H3,(H,12,13);4-8,11H,3H2,1-2H3,(H,12,13);2*4H,1-3H3,(H,6,7);3H,4H2,1-2H3;1H4/p+1. The van der Waals surface area contributed by atoms with Crippen LogP contribution in [0.25, 0.3) is 10.8 Å². The van der Waals surface area contributed by atoms with Crippen molar-refractivity contribution >= 4 is 58.0 Å². The number of para-hydroxylation sites is 1. The summed E-state index contributed by atoms with van der Waals surface area (Å²) in [4.78, 5) is 85.8. The molecule has 6 unspecified atom stereocenters. The highest BCUT2D eigenvalue weighted by molar-refractivity contribution is 5.83. The van der Waals surface area contributed by atoms with E-state index in [4.69, 9.17) is 14.2 Å². The second-order valence-electron chi connectivity index (χ2n) is 26.4. The average molecular weight is 1430 g/mol. The lowest BCUT2D eigenvalue weighted by molar-refractivity contribution is -0.407. The topological polar surface area (TPSA) is 288 Å². The molecule has 0 saturated heterocycles. The Morgan fingerprint density at radius 2 is 0.827 bits per heavy atom. The predicted molar refractivity (Wildman–Crippen MR) is 420 cm³/mol. The first-order valence-corrected chi connectivity index (χ1v) is 35.4. The molecule has 6 atom stereocenters. The molecular weight excluding hydrogens is 1310 g/mol. The Balaban J connectivity index is 0.000000596. The molecule has 0 spiro atoms. The van der Waals surface area contributed by atoms with Gasteiger partial charge in [-0.2, -0.15) is 0 Å². The summed E-state index contributed by atoms with van der Waals surface area (Å²) >= 11 is 0. The van der Waals surface area contributed by atoms with E-state index in [1.54, 1.807) is 13.8 Å². The average Bonchev–Trinajstić information content (AvgIpc) is 1.49. The van der Waals surface area contributed by atoms with E-state index in [-0.39, 0.29) is 110 Å². The zero-order valence-electron chi connectivity index (χ0n) is 64.6. The first-order valence-electron chi connectivity index (χ1n) is 35.4. The number of hydrogen-bond acceptors (Lipinski definition) is 11. The summed E-state index contributed by atoms with van der Waals surface area (Å²) in [5, 5.41) is 25.1. The third-order valence-electron chi connectivity index (χ3n) is 15.3. The molecule has 7 aromatic rings. The maximum atomic E-state index is 11.0. The smallest absolute Gasteiger partial charge is 0.231 e. The molecular formula is C84H122N9O11+. The molecule has 0 radical (unpaired) electrons. The number of amides is 8. The summed E-state index contributed by atoms with van der Waals surface area (Å²) in [5.41, 5.74) is 14.4. The van der Waals surface area contributed by atoms with Gasteiger partial charge in [0.15, 0.2) is 11.5 Å². The summed E-state index contributed by atoms with van der Waals surface area (Å²) in [6.45, 7) is 37.2. The van der Waals surface area contributed by atoms with Crippen molar-refractivity contribution in [3.05, 3.63) is 208 Å². The van der Waals surface area contributed by atoms with Gasteiger partial charge < -0.3 is 62.5 Å². The Morgan fingerprint density at radius 3 is 1.31 bits per heavy atom. The second kappa shape index (κ2) is 49.5. The molecule has 568 valence electrons. The highest BCUT2D eigenvalue weighted by Crippen LogP contribution is 2.35. The first-order chi connectivity index (χ1) is 48.6. The van der Waals surface area contributed by atoms with Crippen LogP contribution in [0.15, 0.2) is 158 Å². The van der Waals surface area contributed by atoms with Crippen LogP contribution in [0.5, 0.6) is 17.2 Å². The quantitative estimate of drug-likeness (QED) is 0.0523. The van der Waals surface area contributed by atoms with Gasteiger partial charge in [-0.05, 0) is 175 Å². The van der Waals surface area contributed by atoms with Crippen LogP contribution in [0, 0.1) is 13.8 Å². The van der Waals surface area contributed by atoms with Crippen molar-refractivity contribution in [2.24, 2.45) is 0 Å². The fraction of sp³-hybridized carbons (Fsp3) is 0.429. The molecule has 7 aromatic carbocycles. The fourth-order valence-corrected chi connectivity index (χ4v) is 10.7. The fourth-order valence-electron chi connectivity index (χ4n) is 10.7. The number of carbonyl (C=O) groups excluding carboxylic acids is 8. The molecule has 20 heteroatoms. The molecule has 3 aliphatic rings. The van der Waals surface area contributed by atoms with Crippen LogP contribution in [-0.2, 0) is 44.8 Å². The third kappa shape index (κ3) is 38.3. The zero-order chi connectivity index (χ0) is 77.3. The second-order valence-corrected chi connectivity index (χ2v) is 26.4. The number of fused-ring (bicyclic) bond motifs is 4. The molecule has 1 aliphatic carbocycles. The summed E-state index contributed by atoms with van der Waals surface area (Å²) in [5.74, 6) is 2.52. The molecule has 0 fully saturated rings. The van der Waals surface area contributed by atoms with E-state index >= 15 is 0 Å². The first kappa shape index (κ1) is 91.9. The van der Waals surface area contributed by atoms with E-state index < -0.39 is 0 Å². The number of rotatable bonds is 13. The molecule has 0 saturated carbocycles. The van der Waals surface area contributed by atoms with Gasteiger partial charge in [0, 0.05) is 79.5 Å². The molecule has 10 rings (SSSR count). The van der Waals surface area contributed by atoms with Gasteiger partial charge >= 0.3 is 0 Å². The van der Waals surface area contributed by atoms with Crippen molar-refractivity contribution < 1.29 is 58.3 Å². The van der Waals surface area contributed by atoms with Crippen LogP contribution in [0.4, 0.5) is 0 Å². The van der Waals surface area contributed by atoms with Gasteiger partial charge in [0.25, 0.3) is 0 Å². The number of ether oxygens (including phenoxy) is 3. The van der Waals surface area contributed by atoms with Gasteiger partial charge in [0.05, 0.1) is 48.9 Å². The van der Waals surface area contributed by atoms with Crippen LogP contribution >= 0.6 is 0 Å². The van der Waals surface area contributed by atoms with E-state index in [1.807, 2.05) is 139 Å². The molecule has 0 bridgehead atoms. The van der Waals surface area contributed by atoms with Gasteiger partial charge in [0.1, 0.15) is 5.75 Å². The number of hydrogen-bond donors (Lipinski definition) is 9. The summed E-state index contributed by atoms with van der Waals surface area (Å²) in [6, 6.07) is 54.3. The van der Waals surface area contributed by atoms with Gasteiger partial charge in [-0.1, -0.05) is 148 Å². The van der Waals surface area contributed by atoms with Crippen LogP contribution in [-0.4, -0.2) is 78.8 Å². The highest BCUT2D eigenvalue weighted by atomic mass is 16.7. The molecule has 2 aliphatic heterocycles. The lowest BCUT2D eigenvalue weighted by atomic mass is 10.0. The normalized spacial score (nSPS) is 13.8. The van der Waals surface area contributed by atoms with Crippen LogP contribution in [0.1, 0.15) is 238 Å². The number of benzene rings is 7. The summed E-state index contributed by atoms with van der Waals surface area (Å²) in [7, 11) is 0. The third-order valence-corrected chi connectivity index (χ3v) is 15.3. The Bertz CT molecular complexity index is 3730. The molecule has 2 heterocycles. The van der Waals surface area contributed by atoms with Gasteiger partial charge in [-0.25, -0.2) is 0 Å². The minimum atomic E-state index is -0.0415. The Morgan fingerprint density at radius 1 is 0.404 bits per heavy atom. The molecule has 8 amide bonds. The van der Waals surface area contributed by atoms with Crippen molar-refractivity contribution in [2.75, 3.05) is 13.4 Å². The molecule has 20 nitrogen and oxygen atoms in total. The van der Waals surface area contributed by atoms with Gasteiger partial charge in [-0.3, -0.25) is 38.4 Å². The molecule has 11 N–H and O–H groups in total. The minimum Gasteiger partial charge on any atom is -0.493 e. The van der Waals surface area contributed by atoms with Crippen molar-refractivity contribution in [3.63, 3.8) is 0 Å². The van der Waals surface area contributed by atoms with Crippen LogP contribution in [0.2, 0.25) is 0 Å². The minimum absolute atomic E-state index is 0. The van der Waals surface area contributed by atoms with Crippen LogP contribution < -0.4 is 62.5 Å². The summed E-state index contributed by atoms with van der Waals surface area (Å²) < 4.78 is 15.9. The molecule has 104 heavy (non-hydrogen) atoms. The lowest BCUT2D eigenvalue weighted by Gasteiger charge is -2.26. The van der Waals surface area contributed by atoms with Crippen molar-refractivity contribution in [2.45, 2.75) is 226 Å². The van der Waals surface area contributed by atoms with Crippen molar-refractivity contribution in [1.29, 1.82) is 0 Å². The summed E-state index contributed by atoms with van der Waals surface area (Å²) in [6.07, 6.45) is 3.89. The Hall–Kier alpha value is -10.1. The van der Waals surface area contributed by atoms with Crippen molar-refractivity contribution in [1.82, 2.24) is 42.5 Å². The van der Waals surface area contributed by atoms with Gasteiger partial charge in [-0.15, -0.1) is 0 Å². The van der Waals surface area contributed by atoms with Gasteiger partial charge in [0.2, 0.25) is 54.1 Å². The maximum Gasteiger partial charge on any atom is 0.231 e. The number of nitrogens with one attached hydrogen (secondary N) is 8. The zero-order valence-corrected chi connectivity index (χ0v) is 64.6. The number of quaternary nitrogens is 1. The van der Waals surface area contributed by atoms with Crippen LogP contribution in [0.3, 0.4) is 0 Å². The predicted octanol–water partition coefficient (Wildman–Crippen LogP) is 14.2. The maximum absolute atomic E-state index is 11.0. The highest BCUT2D eigenvalue weighted by Gasteiger charge is 2.23. The van der Waals surface area contributed by atoms with Crippen molar-refractivity contribution in [3.8, 4) is 17.2 Å². The van der Waals surface area contributed by atoms with E-state index in [1.165, 1.54) is 80.1 Å². The number of carbonyl (C=O) groups is 8. The lowest BCUT2D eigenvalue weighted by Crippen LogP contribution is -2.57. The SMILES string of the molecule is C.CC(=O)NC(C)C.CC(=O)NC(C)C.CC(=O)NC(C)c1ccc(C)c(C)c1.CC(=O)NC(C)c1ccc2c(c1)OCO2.CC(=O)NC(C)c1ccc2ccccc2c1.CC(=O)NC1CCOc2ccccc21.CC(=O)NC1CCc2ccccc21.CC(C)[NH3+].CCC(NC(C)=O)c1ccccc1. The monoisotopic (exact) mass is 1430 g/mol. The number of aryl methyl sites for hydroxylation is 3. The Kier molecular flexibility index (Phi) is 43.8.